The average Bonchev–Trinajstić information content (AvgIpc) is 2.89. The minimum absolute atomic E-state index is 0.00782. The summed E-state index contributed by atoms with van der Waals surface area (Å²) in [6, 6.07) is 0. The first-order valence-corrected chi connectivity index (χ1v) is 9.73. The highest BCUT2D eigenvalue weighted by Crippen LogP contribution is 2.73. The first-order valence-electron chi connectivity index (χ1n) is 9.73. The van der Waals surface area contributed by atoms with Gasteiger partial charge in [0.1, 0.15) is 17.3 Å². The third-order valence-corrected chi connectivity index (χ3v) is 8.11. The maximum atomic E-state index is 11.8. The van der Waals surface area contributed by atoms with Crippen LogP contribution in [0.1, 0.15) is 53.9 Å². The van der Waals surface area contributed by atoms with Gasteiger partial charge in [-0.25, -0.2) is 0 Å². The minimum atomic E-state index is -1.61. The number of aliphatic hydroxyl groups is 2. The Hall–Kier alpha value is -0.460. The van der Waals surface area contributed by atoms with E-state index >= 15 is 0 Å². The van der Waals surface area contributed by atoms with Gasteiger partial charge >= 0.3 is 0 Å². The Labute approximate surface area is 149 Å². The van der Waals surface area contributed by atoms with E-state index in [9.17, 15) is 10.2 Å². The lowest BCUT2D eigenvalue weighted by Gasteiger charge is -2.69. The molecule has 2 aliphatic carbocycles. The van der Waals surface area contributed by atoms with Crippen LogP contribution in [0.25, 0.3) is 0 Å². The molecule has 0 aromatic heterocycles. The molecule has 6 aliphatic rings. The van der Waals surface area contributed by atoms with Gasteiger partial charge in [0, 0.05) is 6.42 Å². The van der Waals surface area contributed by atoms with Gasteiger partial charge in [-0.3, -0.25) is 0 Å². The van der Waals surface area contributed by atoms with Crippen molar-refractivity contribution in [3.63, 3.8) is 0 Å². The number of fused-ring (bicyclic) bond motifs is 1. The maximum Gasteiger partial charge on any atom is 0.206 e. The zero-order valence-electron chi connectivity index (χ0n) is 15.8. The highest BCUT2D eigenvalue weighted by Gasteiger charge is 2.87. The second-order valence-corrected chi connectivity index (χ2v) is 9.65. The molecule has 6 fully saturated rings. The summed E-state index contributed by atoms with van der Waals surface area (Å²) >= 11 is 0. The number of ether oxygens (including phenoxy) is 3. The summed E-state index contributed by atoms with van der Waals surface area (Å²) in [5.41, 5.74) is -1.26. The van der Waals surface area contributed by atoms with Gasteiger partial charge < -0.3 is 24.4 Å². The highest BCUT2D eigenvalue weighted by molar-refractivity contribution is 5.33. The predicted molar refractivity (Wildman–Crippen MR) is 90.5 cm³/mol. The van der Waals surface area contributed by atoms with Crippen LogP contribution in [0, 0.1) is 23.7 Å². The molecule has 0 aromatic rings. The van der Waals surface area contributed by atoms with E-state index in [0.717, 1.165) is 12.8 Å². The van der Waals surface area contributed by atoms with E-state index in [-0.39, 0.29) is 23.9 Å². The topological polar surface area (TPSA) is 68.2 Å². The van der Waals surface area contributed by atoms with Crippen LogP contribution in [0.2, 0.25) is 0 Å². The van der Waals surface area contributed by atoms with E-state index in [4.69, 9.17) is 14.2 Å². The quantitative estimate of drug-likeness (QED) is 0.711. The number of hydrogen-bond donors (Lipinski definition) is 2. The van der Waals surface area contributed by atoms with Crippen LogP contribution >= 0.6 is 0 Å². The summed E-state index contributed by atoms with van der Waals surface area (Å²) in [5.74, 6) is -1.98. The smallest absolute Gasteiger partial charge is 0.206 e. The normalized spacial score (nSPS) is 64.3. The van der Waals surface area contributed by atoms with E-state index in [2.05, 4.69) is 33.8 Å². The van der Waals surface area contributed by atoms with Crippen LogP contribution in [0.15, 0.2) is 11.6 Å². The molecule has 25 heavy (non-hydrogen) atoms. The average molecular weight is 350 g/mol. The van der Waals surface area contributed by atoms with Crippen molar-refractivity contribution < 1.29 is 24.4 Å². The Balaban J connectivity index is 1.76. The van der Waals surface area contributed by atoms with Crippen molar-refractivity contribution in [2.45, 2.75) is 88.9 Å². The van der Waals surface area contributed by atoms with Crippen molar-refractivity contribution in [1.29, 1.82) is 0 Å². The van der Waals surface area contributed by atoms with E-state index in [1.807, 2.05) is 6.92 Å². The fourth-order valence-electron chi connectivity index (χ4n) is 7.27. The number of hydrogen-bond acceptors (Lipinski definition) is 5. The molecule has 6 rings (SSSR count). The Morgan fingerprint density at radius 3 is 2.48 bits per heavy atom. The molecule has 4 heterocycles. The van der Waals surface area contributed by atoms with Crippen molar-refractivity contribution in [3.8, 4) is 0 Å². The molecule has 0 unspecified atom stereocenters. The second kappa shape index (κ2) is 4.50. The summed E-state index contributed by atoms with van der Waals surface area (Å²) in [6.07, 6.45) is 3.75. The third-order valence-electron chi connectivity index (χ3n) is 8.11. The summed E-state index contributed by atoms with van der Waals surface area (Å²) in [6.45, 7) is 10.4. The molecule has 10 atom stereocenters. The first-order chi connectivity index (χ1) is 11.6. The standard InChI is InChI=1S/C20H30O5/c1-10(2)8-14-18-12(4)13-7-6-11(3)19(13,21)20(22)16(18)17(5,23-14)9-15(24-18)25-20/h8,11-16,21-22H,6-7,9H2,1-5H3/t11-,12-,13-,14+,15-,16+,17-,18-,19+,20+/m1/s1. The molecule has 4 aliphatic heterocycles. The first kappa shape index (κ1) is 16.7. The van der Waals surface area contributed by atoms with E-state index in [1.165, 1.54) is 5.57 Å². The van der Waals surface area contributed by atoms with E-state index in [1.54, 1.807) is 0 Å². The molecular formula is C20H30O5. The monoisotopic (exact) mass is 350 g/mol. The SMILES string of the molecule is CC(C)=C[C@@H]1O[C@]2(C)C[C@@H]3O[C@]14[C@H](C)[C@H]1CC[C@@H](C)[C@@]1(O)[C@@](O)(O3)[C@H]42. The molecule has 0 amide bonds. The molecule has 4 saturated heterocycles. The van der Waals surface area contributed by atoms with Gasteiger partial charge in [0.05, 0.1) is 11.5 Å². The van der Waals surface area contributed by atoms with Crippen LogP contribution in [0.5, 0.6) is 0 Å². The molecule has 5 bridgehead atoms. The molecule has 140 valence electrons. The van der Waals surface area contributed by atoms with Gasteiger partial charge in [-0.1, -0.05) is 25.5 Å². The fraction of sp³-hybridized carbons (Fsp3) is 0.900. The molecule has 0 radical (unpaired) electrons. The van der Waals surface area contributed by atoms with Gasteiger partial charge in [-0.05, 0) is 51.4 Å². The Kier molecular flexibility index (Phi) is 3.01. The van der Waals surface area contributed by atoms with Crippen molar-refractivity contribution >= 4 is 0 Å². The van der Waals surface area contributed by atoms with Crippen LogP contribution < -0.4 is 0 Å². The lowest BCUT2D eigenvalue weighted by Crippen LogP contribution is -2.84. The Bertz CT molecular complexity index is 658. The summed E-state index contributed by atoms with van der Waals surface area (Å²) in [5, 5.41) is 23.6. The van der Waals surface area contributed by atoms with Gasteiger partial charge in [0.25, 0.3) is 0 Å². The van der Waals surface area contributed by atoms with Crippen LogP contribution in [0.4, 0.5) is 0 Å². The van der Waals surface area contributed by atoms with Gasteiger partial charge in [-0.2, -0.15) is 0 Å². The Morgan fingerprint density at radius 2 is 1.80 bits per heavy atom. The molecule has 5 heteroatoms. The molecule has 2 saturated carbocycles. The third kappa shape index (κ3) is 1.56. The Morgan fingerprint density at radius 1 is 1.08 bits per heavy atom. The molecule has 5 nitrogen and oxygen atoms in total. The summed E-state index contributed by atoms with van der Waals surface area (Å²) in [7, 11) is 0. The maximum absolute atomic E-state index is 11.8. The fourth-order valence-corrected chi connectivity index (χ4v) is 7.27. The van der Waals surface area contributed by atoms with E-state index < -0.39 is 34.8 Å². The largest absolute Gasteiger partial charge is 0.384 e. The van der Waals surface area contributed by atoms with Gasteiger partial charge in [0.15, 0.2) is 6.29 Å². The molecule has 0 aromatic carbocycles. The summed E-state index contributed by atoms with van der Waals surface area (Å²) in [4.78, 5) is 0. The zero-order valence-corrected chi connectivity index (χ0v) is 15.8. The van der Waals surface area contributed by atoms with Crippen LogP contribution in [-0.2, 0) is 14.2 Å². The molecule has 2 N–H and O–H groups in total. The lowest BCUT2D eigenvalue weighted by molar-refractivity contribution is -0.505. The predicted octanol–water partition coefficient (Wildman–Crippen LogP) is 2.36. The van der Waals surface area contributed by atoms with Crippen molar-refractivity contribution in [2.75, 3.05) is 0 Å². The minimum Gasteiger partial charge on any atom is -0.384 e. The van der Waals surface area contributed by atoms with E-state index in [0.29, 0.717) is 6.42 Å². The van der Waals surface area contributed by atoms with Gasteiger partial charge in [-0.15, -0.1) is 0 Å². The number of allylic oxidation sites excluding steroid dienone is 1. The van der Waals surface area contributed by atoms with Gasteiger partial charge in [0.2, 0.25) is 5.79 Å². The summed E-state index contributed by atoms with van der Waals surface area (Å²) < 4.78 is 19.1. The highest BCUT2D eigenvalue weighted by atomic mass is 16.8. The van der Waals surface area contributed by atoms with Crippen LogP contribution in [-0.4, -0.2) is 45.2 Å². The van der Waals surface area contributed by atoms with Crippen molar-refractivity contribution in [2.24, 2.45) is 23.7 Å². The molecule has 0 spiro atoms. The second-order valence-electron chi connectivity index (χ2n) is 9.65. The zero-order chi connectivity index (χ0) is 18.0. The number of rotatable bonds is 1. The van der Waals surface area contributed by atoms with Crippen molar-refractivity contribution in [1.82, 2.24) is 0 Å². The molecular weight excluding hydrogens is 320 g/mol. The lowest BCUT2D eigenvalue weighted by atomic mass is 9.49. The van der Waals surface area contributed by atoms with Crippen molar-refractivity contribution in [3.05, 3.63) is 11.6 Å². The van der Waals surface area contributed by atoms with Crippen LogP contribution in [0.3, 0.4) is 0 Å².